The van der Waals surface area contributed by atoms with E-state index in [9.17, 15) is 0 Å². The molecule has 1 aliphatic carbocycles. The first kappa shape index (κ1) is 18.6. The van der Waals surface area contributed by atoms with E-state index in [0.29, 0.717) is 23.0 Å². The lowest BCUT2D eigenvalue weighted by Gasteiger charge is -2.19. The molecular weight excluding hydrogens is 348 g/mol. The van der Waals surface area contributed by atoms with Crippen molar-refractivity contribution in [2.75, 3.05) is 13.7 Å². The van der Waals surface area contributed by atoms with Gasteiger partial charge in [0, 0.05) is 5.92 Å². The van der Waals surface area contributed by atoms with Gasteiger partial charge >= 0.3 is 0 Å². The SMILES string of the molecule is CCCOc1ccc(/C=N\n2c(C3CCCCC3)n[nH]c2=S)cc1OC. The van der Waals surface area contributed by atoms with Crippen LogP contribution < -0.4 is 9.47 Å². The molecule has 1 N–H and O–H groups in total. The Balaban J connectivity index is 1.81. The Labute approximate surface area is 159 Å². The highest BCUT2D eigenvalue weighted by molar-refractivity contribution is 7.71. The minimum Gasteiger partial charge on any atom is -0.493 e. The van der Waals surface area contributed by atoms with E-state index in [-0.39, 0.29) is 0 Å². The summed E-state index contributed by atoms with van der Waals surface area (Å²) < 4.78 is 13.4. The second kappa shape index (κ2) is 8.98. The predicted octanol–water partition coefficient (Wildman–Crippen LogP) is 4.67. The molecule has 7 heteroatoms. The van der Waals surface area contributed by atoms with Gasteiger partial charge in [0.15, 0.2) is 17.3 Å². The van der Waals surface area contributed by atoms with Gasteiger partial charge < -0.3 is 9.47 Å². The van der Waals surface area contributed by atoms with Crippen LogP contribution in [0.2, 0.25) is 0 Å². The highest BCUT2D eigenvalue weighted by Gasteiger charge is 2.21. The van der Waals surface area contributed by atoms with Gasteiger partial charge in [0.05, 0.1) is 19.9 Å². The molecule has 6 nitrogen and oxygen atoms in total. The van der Waals surface area contributed by atoms with Crippen molar-refractivity contribution < 1.29 is 9.47 Å². The summed E-state index contributed by atoms with van der Waals surface area (Å²) in [7, 11) is 1.64. The lowest BCUT2D eigenvalue weighted by atomic mass is 9.89. The molecule has 1 saturated carbocycles. The zero-order chi connectivity index (χ0) is 18.4. The van der Waals surface area contributed by atoms with Crippen LogP contribution in [0.15, 0.2) is 23.3 Å². The van der Waals surface area contributed by atoms with Gasteiger partial charge in [0.1, 0.15) is 0 Å². The topological polar surface area (TPSA) is 64.4 Å². The molecule has 0 saturated heterocycles. The molecule has 1 aromatic carbocycles. The summed E-state index contributed by atoms with van der Waals surface area (Å²) in [5, 5.41) is 11.9. The van der Waals surface area contributed by atoms with Crippen LogP contribution in [-0.4, -0.2) is 34.8 Å². The number of aromatic amines is 1. The van der Waals surface area contributed by atoms with Crippen LogP contribution in [0.1, 0.15) is 62.8 Å². The molecule has 1 aliphatic rings. The molecule has 3 rings (SSSR count). The minimum absolute atomic E-state index is 0.424. The largest absolute Gasteiger partial charge is 0.493 e. The number of hydrogen-bond acceptors (Lipinski definition) is 5. The van der Waals surface area contributed by atoms with Gasteiger partial charge in [-0.25, -0.2) is 0 Å². The third-order valence-corrected chi connectivity index (χ3v) is 4.88. The van der Waals surface area contributed by atoms with Crippen molar-refractivity contribution in [3.63, 3.8) is 0 Å². The summed E-state index contributed by atoms with van der Waals surface area (Å²) in [6, 6.07) is 5.78. The van der Waals surface area contributed by atoms with Crippen LogP contribution in [0.25, 0.3) is 0 Å². The molecule has 0 bridgehead atoms. The number of nitrogens with one attached hydrogen (secondary N) is 1. The van der Waals surface area contributed by atoms with E-state index in [2.05, 4.69) is 22.2 Å². The molecule has 0 unspecified atom stereocenters. The summed E-state index contributed by atoms with van der Waals surface area (Å²) >= 11 is 5.36. The number of hydrogen-bond donors (Lipinski definition) is 1. The van der Waals surface area contributed by atoms with E-state index < -0.39 is 0 Å². The second-order valence-electron chi connectivity index (χ2n) is 6.54. The second-order valence-corrected chi connectivity index (χ2v) is 6.92. The lowest BCUT2D eigenvalue weighted by molar-refractivity contribution is 0.294. The maximum absolute atomic E-state index is 5.69. The van der Waals surface area contributed by atoms with Crippen molar-refractivity contribution in [3.05, 3.63) is 34.4 Å². The Morgan fingerprint density at radius 2 is 2.12 bits per heavy atom. The van der Waals surface area contributed by atoms with E-state index in [4.69, 9.17) is 21.7 Å². The van der Waals surface area contributed by atoms with E-state index >= 15 is 0 Å². The number of rotatable bonds is 7. The number of nitrogens with zero attached hydrogens (tertiary/aromatic N) is 3. The highest BCUT2D eigenvalue weighted by atomic mass is 32.1. The summed E-state index contributed by atoms with van der Waals surface area (Å²) in [4.78, 5) is 0. The van der Waals surface area contributed by atoms with Crippen molar-refractivity contribution in [2.24, 2.45) is 5.10 Å². The average Bonchev–Trinajstić information content (AvgIpc) is 3.06. The molecule has 0 spiro atoms. The van der Waals surface area contributed by atoms with Crippen molar-refractivity contribution in [1.82, 2.24) is 14.9 Å². The summed E-state index contributed by atoms with van der Waals surface area (Å²) in [6.07, 6.45) is 8.81. The van der Waals surface area contributed by atoms with Gasteiger partial charge in [-0.15, -0.1) is 0 Å². The van der Waals surface area contributed by atoms with Crippen molar-refractivity contribution in [3.8, 4) is 11.5 Å². The third-order valence-electron chi connectivity index (χ3n) is 4.62. The van der Waals surface area contributed by atoms with Gasteiger partial charge in [0.25, 0.3) is 0 Å². The van der Waals surface area contributed by atoms with Gasteiger partial charge in [0.2, 0.25) is 4.77 Å². The number of aromatic nitrogens is 3. The molecule has 26 heavy (non-hydrogen) atoms. The van der Waals surface area contributed by atoms with E-state index in [1.54, 1.807) is 18.0 Å². The molecule has 2 aromatic rings. The Morgan fingerprint density at radius 1 is 1.31 bits per heavy atom. The monoisotopic (exact) mass is 374 g/mol. The first-order chi connectivity index (χ1) is 12.7. The Kier molecular flexibility index (Phi) is 6.44. The number of H-pyrrole nitrogens is 1. The fourth-order valence-corrected chi connectivity index (χ4v) is 3.45. The lowest BCUT2D eigenvalue weighted by Crippen LogP contribution is -2.10. The van der Waals surface area contributed by atoms with Crippen LogP contribution >= 0.6 is 12.2 Å². The van der Waals surface area contributed by atoms with Crippen molar-refractivity contribution in [1.29, 1.82) is 0 Å². The van der Waals surface area contributed by atoms with Gasteiger partial charge in [-0.05, 0) is 55.2 Å². The van der Waals surface area contributed by atoms with Gasteiger partial charge in [-0.3, -0.25) is 5.10 Å². The predicted molar refractivity (Wildman–Crippen MR) is 105 cm³/mol. The zero-order valence-corrected chi connectivity index (χ0v) is 16.2. The van der Waals surface area contributed by atoms with Crippen LogP contribution in [0, 0.1) is 4.77 Å². The molecule has 0 atom stereocenters. The Morgan fingerprint density at radius 3 is 2.85 bits per heavy atom. The van der Waals surface area contributed by atoms with Crippen LogP contribution in [0.5, 0.6) is 11.5 Å². The van der Waals surface area contributed by atoms with Crippen LogP contribution in [0.3, 0.4) is 0 Å². The Hall–Kier alpha value is -2.15. The van der Waals surface area contributed by atoms with E-state index in [0.717, 1.165) is 36.4 Å². The Bertz CT molecular complexity index is 806. The number of ether oxygens (including phenoxy) is 2. The molecule has 0 radical (unpaired) electrons. The quantitative estimate of drug-likeness (QED) is 0.565. The third kappa shape index (κ3) is 4.33. The standard InChI is InChI=1S/C19H26N4O2S/c1-3-11-25-16-10-9-14(12-17(16)24-2)13-20-23-18(21-22-19(23)26)15-7-5-4-6-8-15/h9-10,12-13,15H,3-8,11H2,1-2H3,(H,22,26)/b20-13-. The average molecular weight is 375 g/mol. The first-order valence-electron chi connectivity index (χ1n) is 9.25. The summed E-state index contributed by atoms with van der Waals surface area (Å²) in [6.45, 7) is 2.74. The van der Waals surface area contributed by atoms with Crippen LogP contribution in [-0.2, 0) is 0 Å². The normalized spacial score (nSPS) is 15.5. The molecule has 1 fully saturated rings. The van der Waals surface area contributed by atoms with E-state index in [1.807, 2.05) is 18.2 Å². The summed E-state index contributed by atoms with van der Waals surface area (Å²) in [5.41, 5.74) is 0.920. The zero-order valence-electron chi connectivity index (χ0n) is 15.4. The molecule has 0 amide bonds. The fourth-order valence-electron chi connectivity index (χ4n) is 3.26. The molecule has 1 heterocycles. The molecular formula is C19H26N4O2S. The molecule has 1 aromatic heterocycles. The first-order valence-corrected chi connectivity index (χ1v) is 9.66. The van der Waals surface area contributed by atoms with Crippen molar-refractivity contribution >= 4 is 18.4 Å². The minimum atomic E-state index is 0.424. The van der Waals surface area contributed by atoms with Gasteiger partial charge in [-0.2, -0.15) is 14.9 Å². The van der Waals surface area contributed by atoms with Crippen molar-refractivity contribution in [2.45, 2.75) is 51.4 Å². The molecule has 0 aliphatic heterocycles. The highest BCUT2D eigenvalue weighted by Crippen LogP contribution is 2.31. The fraction of sp³-hybridized carbons (Fsp3) is 0.526. The van der Waals surface area contributed by atoms with Crippen LogP contribution in [0.4, 0.5) is 0 Å². The number of benzene rings is 1. The maximum Gasteiger partial charge on any atom is 0.216 e. The maximum atomic E-state index is 5.69. The molecule has 140 valence electrons. The van der Waals surface area contributed by atoms with Gasteiger partial charge in [-0.1, -0.05) is 26.2 Å². The number of methoxy groups -OCH3 is 1. The summed E-state index contributed by atoms with van der Waals surface area (Å²) in [5.74, 6) is 2.80. The van der Waals surface area contributed by atoms with E-state index in [1.165, 1.54) is 19.3 Å². The smallest absolute Gasteiger partial charge is 0.216 e.